The first-order chi connectivity index (χ1) is 14.7. The van der Waals surface area contributed by atoms with Crippen LogP contribution in [0.15, 0.2) is 89.8 Å². The zero-order valence-electron chi connectivity index (χ0n) is 16.3. The van der Waals surface area contributed by atoms with E-state index in [-0.39, 0.29) is 17.1 Å². The van der Waals surface area contributed by atoms with E-state index in [0.717, 1.165) is 30.6 Å². The molecule has 6 rings (SSSR count). The summed E-state index contributed by atoms with van der Waals surface area (Å²) in [5.41, 5.74) is 7.17. The summed E-state index contributed by atoms with van der Waals surface area (Å²) >= 11 is 0. The molecule has 0 spiro atoms. The van der Waals surface area contributed by atoms with E-state index < -0.39 is 0 Å². The highest BCUT2D eigenvalue weighted by Crippen LogP contribution is 2.35. The van der Waals surface area contributed by atoms with E-state index in [9.17, 15) is 9.59 Å². The molecule has 0 N–H and O–H groups in total. The quantitative estimate of drug-likeness (QED) is 0.467. The van der Waals surface area contributed by atoms with Gasteiger partial charge in [0.05, 0.1) is 11.1 Å². The maximum absolute atomic E-state index is 12.7. The number of ketones is 2. The molecule has 1 aromatic heterocycles. The van der Waals surface area contributed by atoms with E-state index in [2.05, 4.69) is 34.2 Å². The van der Waals surface area contributed by atoms with Gasteiger partial charge in [-0.3, -0.25) is 14.6 Å². The molecule has 0 fully saturated rings. The van der Waals surface area contributed by atoms with Gasteiger partial charge in [0.1, 0.15) is 0 Å². The minimum Gasteiger partial charge on any atom is -0.366 e. The summed E-state index contributed by atoms with van der Waals surface area (Å²) in [4.78, 5) is 32.3. The number of aromatic nitrogens is 1. The maximum Gasteiger partial charge on any atom is 0.197 e. The van der Waals surface area contributed by atoms with Gasteiger partial charge in [-0.25, -0.2) is 0 Å². The largest absolute Gasteiger partial charge is 0.366 e. The summed E-state index contributed by atoms with van der Waals surface area (Å²) in [5, 5.41) is 1.17. The van der Waals surface area contributed by atoms with Gasteiger partial charge >= 0.3 is 0 Å². The smallest absolute Gasteiger partial charge is 0.197 e. The number of fused-ring (bicyclic) bond motifs is 4. The first kappa shape index (κ1) is 17.1. The number of pyridine rings is 1. The Labute approximate surface area is 173 Å². The van der Waals surface area contributed by atoms with Crippen LogP contribution in [0, 0.1) is 0 Å². The number of hydrogen-bond donors (Lipinski definition) is 0. The zero-order chi connectivity index (χ0) is 20.2. The van der Waals surface area contributed by atoms with E-state index in [0.29, 0.717) is 11.1 Å². The number of carbonyl (C=O) groups is 2. The lowest BCUT2D eigenvalue weighted by molar-refractivity contribution is 0.0988. The minimum atomic E-state index is -0.170. The Morgan fingerprint density at radius 1 is 0.867 bits per heavy atom. The second-order valence-corrected chi connectivity index (χ2v) is 7.97. The van der Waals surface area contributed by atoms with Crippen molar-refractivity contribution in [1.29, 1.82) is 0 Å². The molecule has 0 atom stereocenters. The third-order valence-corrected chi connectivity index (χ3v) is 6.20. The third-order valence-electron chi connectivity index (χ3n) is 6.20. The van der Waals surface area contributed by atoms with E-state index in [1.54, 1.807) is 30.3 Å². The van der Waals surface area contributed by atoms with E-state index in [1.165, 1.54) is 22.2 Å². The van der Waals surface area contributed by atoms with Crippen LogP contribution in [0.3, 0.4) is 0 Å². The predicted molar refractivity (Wildman–Crippen MR) is 115 cm³/mol. The molecule has 0 amide bonds. The minimum absolute atomic E-state index is 0.170. The van der Waals surface area contributed by atoms with Gasteiger partial charge in [-0.05, 0) is 29.4 Å². The number of carbonyl (C=O) groups excluding carboxylic acids is 2. The molecule has 3 aliphatic rings. The highest BCUT2D eigenvalue weighted by molar-refractivity contribution is 6.39. The molecule has 4 heteroatoms. The van der Waals surface area contributed by atoms with Gasteiger partial charge in [0, 0.05) is 53.5 Å². The van der Waals surface area contributed by atoms with Crippen LogP contribution in [0.1, 0.15) is 38.3 Å². The van der Waals surface area contributed by atoms with Crippen LogP contribution in [0.25, 0.3) is 10.9 Å². The number of rotatable bonds is 2. The average molecular weight is 390 g/mol. The molecule has 2 heterocycles. The molecule has 0 saturated carbocycles. The van der Waals surface area contributed by atoms with Crippen molar-refractivity contribution in [2.75, 3.05) is 0 Å². The summed E-state index contributed by atoms with van der Waals surface area (Å²) < 4.78 is 0. The highest BCUT2D eigenvalue weighted by Gasteiger charge is 2.33. The van der Waals surface area contributed by atoms with E-state index >= 15 is 0 Å². The number of benzene rings is 2. The fraction of sp³-hybridized carbons (Fsp3) is 0.115. The van der Waals surface area contributed by atoms with E-state index in [1.807, 2.05) is 18.3 Å². The van der Waals surface area contributed by atoms with Crippen LogP contribution in [-0.4, -0.2) is 21.5 Å². The monoisotopic (exact) mass is 390 g/mol. The Morgan fingerprint density at radius 2 is 1.67 bits per heavy atom. The van der Waals surface area contributed by atoms with Crippen LogP contribution < -0.4 is 0 Å². The molecule has 2 aliphatic carbocycles. The Balaban J connectivity index is 1.22. The van der Waals surface area contributed by atoms with Gasteiger partial charge in [0.15, 0.2) is 11.6 Å². The fourth-order valence-electron chi connectivity index (χ4n) is 4.66. The van der Waals surface area contributed by atoms with Crippen molar-refractivity contribution in [1.82, 2.24) is 9.88 Å². The molecule has 3 aromatic rings. The molecule has 0 saturated heterocycles. The topological polar surface area (TPSA) is 50.3 Å². The number of Topliss-reactive ketones (excluding diaryl/α,β-unsaturated/α-hetero) is 2. The Bertz CT molecular complexity index is 1320. The summed E-state index contributed by atoms with van der Waals surface area (Å²) in [6, 6.07) is 15.4. The van der Waals surface area contributed by atoms with Crippen molar-refractivity contribution in [2.45, 2.75) is 19.5 Å². The molecule has 30 heavy (non-hydrogen) atoms. The number of hydrogen-bond acceptors (Lipinski definition) is 4. The van der Waals surface area contributed by atoms with E-state index in [4.69, 9.17) is 0 Å². The zero-order valence-corrected chi connectivity index (χ0v) is 16.3. The number of nitrogens with zero attached hydrogens (tertiary/aromatic N) is 2. The summed E-state index contributed by atoms with van der Waals surface area (Å²) in [6.07, 6.45) is 8.46. The molecule has 1 aliphatic heterocycles. The van der Waals surface area contributed by atoms with Gasteiger partial charge < -0.3 is 4.90 Å². The predicted octanol–water partition coefficient (Wildman–Crippen LogP) is 4.77. The summed E-state index contributed by atoms with van der Waals surface area (Å²) in [5.74, 6) is -0.341. The summed E-state index contributed by atoms with van der Waals surface area (Å²) in [6.45, 7) is 1.69. The first-order valence-corrected chi connectivity index (χ1v) is 10.1. The SMILES string of the molecule is O=C1C(=CC2=CC=C(N3Cc4ccc5cccnc5c4C3)C2)C(=O)c2ccccc21. The van der Waals surface area contributed by atoms with Crippen LogP contribution >= 0.6 is 0 Å². The lowest BCUT2D eigenvalue weighted by atomic mass is 10.1. The normalized spacial score (nSPS) is 17.3. The van der Waals surface area contributed by atoms with Crippen molar-refractivity contribution in [3.63, 3.8) is 0 Å². The van der Waals surface area contributed by atoms with Gasteiger partial charge in [0.25, 0.3) is 0 Å². The van der Waals surface area contributed by atoms with Crippen molar-refractivity contribution >= 4 is 22.5 Å². The molecule has 144 valence electrons. The Hall–Kier alpha value is -3.79. The van der Waals surface area contributed by atoms with Gasteiger partial charge in [0.2, 0.25) is 0 Å². The second kappa shape index (κ2) is 6.36. The van der Waals surface area contributed by atoms with Crippen molar-refractivity contribution in [2.24, 2.45) is 0 Å². The maximum atomic E-state index is 12.7. The molecule has 0 radical (unpaired) electrons. The molecule has 0 unspecified atom stereocenters. The van der Waals surface area contributed by atoms with Crippen molar-refractivity contribution in [3.8, 4) is 0 Å². The van der Waals surface area contributed by atoms with Gasteiger partial charge in [-0.1, -0.05) is 48.5 Å². The van der Waals surface area contributed by atoms with Crippen LogP contribution in [0.5, 0.6) is 0 Å². The molecular formula is C26H18N2O2. The fourth-order valence-corrected chi connectivity index (χ4v) is 4.66. The average Bonchev–Trinajstić information content (AvgIpc) is 3.48. The molecular weight excluding hydrogens is 372 g/mol. The molecule has 4 nitrogen and oxygen atoms in total. The van der Waals surface area contributed by atoms with Gasteiger partial charge in [-0.2, -0.15) is 0 Å². The first-order valence-electron chi connectivity index (χ1n) is 10.1. The lowest BCUT2D eigenvalue weighted by Crippen LogP contribution is -2.14. The van der Waals surface area contributed by atoms with Crippen LogP contribution in [0.4, 0.5) is 0 Å². The molecule has 2 aromatic carbocycles. The van der Waals surface area contributed by atoms with Crippen molar-refractivity contribution in [3.05, 3.63) is 112 Å². The van der Waals surface area contributed by atoms with Crippen LogP contribution in [0.2, 0.25) is 0 Å². The number of allylic oxidation sites excluding steroid dienone is 5. The van der Waals surface area contributed by atoms with Gasteiger partial charge in [-0.15, -0.1) is 0 Å². The molecule has 0 bridgehead atoms. The van der Waals surface area contributed by atoms with Crippen molar-refractivity contribution < 1.29 is 9.59 Å². The van der Waals surface area contributed by atoms with Crippen LogP contribution in [-0.2, 0) is 13.1 Å². The summed E-state index contributed by atoms with van der Waals surface area (Å²) in [7, 11) is 0. The Kier molecular flexibility index (Phi) is 3.62. The third kappa shape index (κ3) is 2.50. The highest BCUT2D eigenvalue weighted by atomic mass is 16.2. The Morgan fingerprint density at radius 3 is 2.47 bits per heavy atom. The lowest BCUT2D eigenvalue weighted by Gasteiger charge is -2.19. The second-order valence-electron chi connectivity index (χ2n) is 7.97. The standard InChI is InChI=1S/C26H18N2O2/c29-25-20-5-1-2-6-21(20)26(30)22(25)13-16-7-10-19(12-16)28-14-18-9-8-17-4-3-11-27-24(17)23(18)15-28/h1-11,13H,12,14-15H2.